The number of ether oxygens (including phenoxy) is 1. The van der Waals surface area contributed by atoms with E-state index in [0.717, 1.165) is 28.6 Å². The molecule has 3 heteroatoms. The first-order valence-electron chi connectivity index (χ1n) is 7.07. The van der Waals surface area contributed by atoms with Crippen LogP contribution in [0.15, 0.2) is 22.7 Å². The summed E-state index contributed by atoms with van der Waals surface area (Å²) in [5.41, 5.74) is 1.27. The highest BCUT2D eigenvalue weighted by Gasteiger charge is 2.29. The molecule has 2 nitrogen and oxygen atoms in total. The van der Waals surface area contributed by atoms with Crippen molar-refractivity contribution in [3.63, 3.8) is 0 Å². The largest absolute Gasteiger partial charge is 0.496 e. The fraction of sp³-hybridized carbons (Fsp3) is 0.625. The summed E-state index contributed by atoms with van der Waals surface area (Å²) in [6.07, 6.45) is 1.34. The molecule has 0 aromatic heterocycles. The van der Waals surface area contributed by atoms with Crippen LogP contribution in [0.2, 0.25) is 0 Å². The molecule has 3 atom stereocenters. The SMILES string of the molecule is COc1ccc(Br)cc1CN1CC(C)CC(C)C1C. The van der Waals surface area contributed by atoms with Crippen molar-refractivity contribution in [1.82, 2.24) is 4.90 Å². The van der Waals surface area contributed by atoms with Gasteiger partial charge < -0.3 is 4.74 Å². The van der Waals surface area contributed by atoms with Gasteiger partial charge >= 0.3 is 0 Å². The van der Waals surface area contributed by atoms with Crippen molar-refractivity contribution in [3.8, 4) is 5.75 Å². The van der Waals surface area contributed by atoms with E-state index >= 15 is 0 Å². The van der Waals surface area contributed by atoms with Gasteiger partial charge in [0.1, 0.15) is 5.75 Å². The average Bonchev–Trinajstić information content (AvgIpc) is 2.35. The van der Waals surface area contributed by atoms with E-state index in [0.29, 0.717) is 6.04 Å². The van der Waals surface area contributed by atoms with Gasteiger partial charge in [0.2, 0.25) is 0 Å². The molecule has 2 rings (SSSR count). The van der Waals surface area contributed by atoms with Gasteiger partial charge in [-0.2, -0.15) is 0 Å². The van der Waals surface area contributed by atoms with Crippen molar-refractivity contribution in [2.24, 2.45) is 11.8 Å². The molecule has 1 fully saturated rings. The van der Waals surface area contributed by atoms with Crippen molar-refractivity contribution in [2.75, 3.05) is 13.7 Å². The third-order valence-electron chi connectivity index (χ3n) is 4.34. The monoisotopic (exact) mass is 325 g/mol. The highest BCUT2D eigenvalue weighted by atomic mass is 79.9. The van der Waals surface area contributed by atoms with Crippen LogP contribution in [0.1, 0.15) is 32.8 Å². The third-order valence-corrected chi connectivity index (χ3v) is 4.83. The first-order valence-corrected chi connectivity index (χ1v) is 7.87. The standard InChI is InChI=1S/C16H24BrNO/c1-11-7-12(2)13(3)18(9-11)10-14-8-15(17)5-6-16(14)19-4/h5-6,8,11-13H,7,9-10H2,1-4H3. The fourth-order valence-corrected chi connectivity index (χ4v) is 3.54. The van der Waals surface area contributed by atoms with Gasteiger partial charge in [-0.15, -0.1) is 0 Å². The van der Waals surface area contributed by atoms with Gasteiger partial charge in [-0.25, -0.2) is 0 Å². The number of likely N-dealkylation sites (tertiary alicyclic amines) is 1. The van der Waals surface area contributed by atoms with Gasteiger partial charge in [-0.3, -0.25) is 4.90 Å². The van der Waals surface area contributed by atoms with Crippen molar-refractivity contribution in [1.29, 1.82) is 0 Å². The topological polar surface area (TPSA) is 12.5 Å². The van der Waals surface area contributed by atoms with Gasteiger partial charge in [0, 0.05) is 29.2 Å². The van der Waals surface area contributed by atoms with Gasteiger partial charge in [0.05, 0.1) is 7.11 Å². The number of nitrogens with zero attached hydrogens (tertiary/aromatic N) is 1. The molecule has 0 amide bonds. The molecule has 0 aliphatic carbocycles. The second-order valence-corrected chi connectivity index (χ2v) is 6.86. The van der Waals surface area contributed by atoms with Crippen molar-refractivity contribution >= 4 is 15.9 Å². The Kier molecular flexibility index (Phi) is 4.91. The molecule has 0 spiro atoms. The van der Waals surface area contributed by atoms with Gasteiger partial charge in [0.25, 0.3) is 0 Å². The van der Waals surface area contributed by atoms with Gasteiger partial charge in [-0.05, 0) is 43.4 Å². The molecule has 0 radical (unpaired) electrons. The van der Waals surface area contributed by atoms with E-state index in [-0.39, 0.29) is 0 Å². The quantitative estimate of drug-likeness (QED) is 0.820. The van der Waals surface area contributed by atoms with Crippen LogP contribution in [0.3, 0.4) is 0 Å². The minimum Gasteiger partial charge on any atom is -0.496 e. The van der Waals surface area contributed by atoms with Gasteiger partial charge in [-0.1, -0.05) is 29.8 Å². The molecule has 1 aliphatic rings. The smallest absolute Gasteiger partial charge is 0.123 e. The van der Waals surface area contributed by atoms with Crippen molar-refractivity contribution in [2.45, 2.75) is 39.8 Å². The minimum atomic E-state index is 0.639. The zero-order chi connectivity index (χ0) is 14.0. The lowest BCUT2D eigenvalue weighted by molar-refractivity contribution is 0.0722. The molecule has 1 heterocycles. The highest BCUT2D eigenvalue weighted by Crippen LogP contribution is 2.31. The van der Waals surface area contributed by atoms with E-state index in [2.05, 4.69) is 47.7 Å². The number of halogens is 1. The summed E-state index contributed by atoms with van der Waals surface area (Å²) >= 11 is 3.56. The Bertz CT molecular complexity index is 435. The van der Waals surface area contributed by atoms with Crippen LogP contribution in [-0.4, -0.2) is 24.6 Å². The summed E-state index contributed by atoms with van der Waals surface area (Å²) in [4.78, 5) is 2.59. The molecule has 19 heavy (non-hydrogen) atoms. The molecule has 1 aromatic rings. The molecule has 106 valence electrons. The predicted octanol–water partition coefficient (Wildman–Crippen LogP) is 4.32. The highest BCUT2D eigenvalue weighted by molar-refractivity contribution is 9.10. The first-order chi connectivity index (χ1) is 9.01. The molecule has 1 aromatic carbocycles. The summed E-state index contributed by atoms with van der Waals surface area (Å²) in [6.45, 7) is 9.22. The summed E-state index contributed by atoms with van der Waals surface area (Å²) in [5, 5.41) is 0. The van der Waals surface area contributed by atoms with Crippen molar-refractivity contribution in [3.05, 3.63) is 28.2 Å². The molecule has 0 bridgehead atoms. The molecule has 0 saturated carbocycles. The van der Waals surface area contributed by atoms with Crippen LogP contribution < -0.4 is 4.74 Å². The number of hydrogen-bond donors (Lipinski definition) is 0. The van der Waals surface area contributed by atoms with E-state index in [4.69, 9.17) is 4.74 Å². The number of benzene rings is 1. The molecule has 0 N–H and O–H groups in total. The lowest BCUT2D eigenvalue weighted by Gasteiger charge is -2.41. The Morgan fingerprint density at radius 1 is 1.32 bits per heavy atom. The summed E-state index contributed by atoms with van der Waals surface area (Å²) < 4.78 is 6.60. The minimum absolute atomic E-state index is 0.639. The van der Waals surface area contributed by atoms with E-state index < -0.39 is 0 Å². The van der Waals surface area contributed by atoms with Crippen LogP contribution >= 0.6 is 15.9 Å². The Morgan fingerprint density at radius 3 is 2.74 bits per heavy atom. The fourth-order valence-electron chi connectivity index (χ4n) is 3.13. The molecular formula is C16H24BrNO. The lowest BCUT2D eigenvalue weighted by Crippen LogP contribution is -2.45. The van der Waals surface area contributed by atoms with E-state index in [1.165, 1.54) is 18.5 Å². The molecule has 1 aliphatic heterocycles. The zero-order valence-electron chi connectivity index (χ0n) is 12.3. The van der Waals surface area contributed by atoms with E-state index in [1.807, 2.05) is 12.1 Å². The zero-order valence-corrected chi connectivity index (χ0v) is 13.9. The molecule has 1 saturated heterocycles. The van der Waals surface area contributed by atoms with Crippen LogP contribution in [0, 0.1) is 11.8 Å². The lowest BCUT2D eigenvalue weighted by atomic mass is 9.86. The maximum atomic E-state index is 5.48. The third kappa shape index (κ3) is 3.51. The average molecular weight is 326 g/mol. The molecular weight excluding hydrogens is 302 g/mol. The Hall–Kier alpha value is -0.540. The second-order valence-electron chi connectivity index (χ2n) is 5.94. The van der Waals surface area contributed by atoms with Crippen LogP contribution in [0.4, 0.5) is 0 Å². The number of methoxy groups -OCH3 is 1. The van der Waals surface area contributed by atoms with E-state index in [9.17, 15) is 0 Å². The maximum Gasteiger partial charge on any atom is 0.123 e. The summed E-state index contributed by atoms with van der Waals surface area (Å²) in [5.74, 6) is 2.53. The normalized spacial score (nSPS) is 28.4. The van der Waals surface area contributed by atoms with Crippen molar-refractivity contribution < 1.29 is 4.74 Å². The Morgan fingerprint density at radius 2 is 2.05 bits per heavy atom. The van der Waals surface area contributed by atoms with Crippen LogP contribution in [-0.2, 0) is 6.54 Å². The summed E-state index contributed by atoms with van der Waals surface area (Å²) in [7, 11) is 1.75. The van der Waals surface area contributed by atoms with Crippen LogP contribution in [0.25, 0.3) is 0 Å². The molecule has 3 unspecified atom stereocenters. The number of hydrogen-bond acceptors (Lipinski definition) is 2. The first kappa shape index (κ1) is 14.9. The predicted molar refractivity (Wildman–Crippen MR) is 83.5 cm³/mol. The Balaban J connectivity index is 2.17. The second kappa shape index (κ2) is 6.27. The number of rotatable bonds is 3. The maximum absolute atomic E-state index is 5.48. The Labute approximate surface area is 125 Å². The number of piperidine rings is 1. The van der Waals surface area contributed by atoms with E-state index in [1.54, 1.807) is 7.11 Å². The summed E-state index contributed by atoms with van der Waals surface area (Å²) in [6, 6.07) is 6.89. The van der Waals surface area contributed by atoms with Crippen LogP contribution in [0.5, 0.6) is 5.75 Å². The van der Waals surface area contributed by atoms with Gasteiger partial charge in [0.15, 0.2) is 0 Å².